The lowest BCUT2D eigenvalue weighted by atomic mass is 9.86. The Hall–Kier alpha value is -1.25. The number of rotatable bonds is 3. The third-order valence-electron chi connectivity index (χ3n) is 3.28. The minimum absolute atomic E-state index is 0.0292. The third kappa shape index (κ3) is 3.20. The second kappa shape index (κ2) is 5.40. The van der Waals surface area contributed by atoms with Crippen LogP contribution in [0, 0.1) is 0 Å². The van der Waals surface area contributed by atoms with E-state index in [2.05, 4.69) is 50.4 Å². The first-order chi connectivity index (χ1) is 8.91. The Kier molecular flexibility index (Phi) is 4.02. The molecule has 0 spiro atoms. The molecule has 0 radical (unpaired) electrons. The summed E-state index contributed by atoms with van der Waals surface area (Å²) in [6.07, 6.45) is 0. The van der Waals surface area contributed by atoms with Gasteiger partial charge in [-0.3, -0.25) is 0 Å². The van der Waals surface area contributed by atoms with Crippen LogP contribution in [0.1, 0.15) is 43.7 Å². The van der Waals surface area contributed by atoms with Gasteiger partial charge in [0, 0.05) is 0 Å². The monoisotopic (exact) mass is 277 g/mol. The number of hydrogen-bond acceptors (Lipinski definition) is 2. The summed E-state index contributed by atoms with van der Waals surface area (Å²) in [4.78, 5) is 0. The Labute approximate surface area is 119 Å². The Bertz CT molecular complexity index is 537. The van der Waals surface area contributed by atoms with E-state index in [1.165, 1.54) is 11.1 Å². The fourth-order valence-electron chi connectivity index (χ4n) is 2.13. The smallest absolute Gasteiger partial charge is 0.193 e. The Morgan fingerprint density at radius 2 is 1.68 bits per heavy atom. The van der Waals surface area contributed by atoms with Crippen molar-refractivity contribution in [1.29, 1.82) is 0 Å². The van der Waals surface area contributed by atoms with Gasteiger partial charge in [-0.05, 0) is 47.3 Å². The summed E-state index contributed by atoms with van der Waals surface area (Å²) in [5.74, 6) is 0.830. The molecule has 0 bridgehead atoms. The van der Waals surface area contributed by atoms with Crippen LogP contribution >= 0.6 is 11.6 Å². The zero-order chi connectivity index (χ0) is 14.0. The third-order valence-corrected chi connectivity index (χ3v) is 3.48. The van der Waals surface area contributed by atoms with Crippen molar-refractivity contribution >= 4 is 11.6 Å². The van der Waals surface area contributed by atoms with Crippen LogP contribution in [0.15, 0.2) is 40.8 Å². The molecule has 3 heteroatoms. The van der Waals surface area contributed by atoms with Crippen LogP contribution < -0.4 is 5.32 Å². The number of nitrogens with one attached hydrogen (secondary N) is 1. The highest BCUT2D eigenvalue weighted by atomic mass is 35.5. The van der Waals surface area contributed by atoms with Gasteiger partial charge in [-0.25, -0.2) is 0 Å². The highest BCUT2D eigenvalue weighted by molar-refractivity contribution is 6.28. The second-order valence-corrected chi connectivity index (χ2v) is 6.11. The molecule has 1 atom stereocenters. The van der Waals surface area contributed by atoms with Crippen molar-refractivity contribution in [3.63, 3.8) is 0 Å². The predicted molar refractivity (Wildman–Crippen MR) is 79.8 cm³/mol. The SMILES string of the molecule is CNC(c1ccc(C(C)(C)C)cc1)c1ccc(Cl)o1. The molecular weight excluding hydrogens is 258 g/mol. The van der Waals surface area contributed by atoms with Gasteiger partial charge in [-0.1, -0.05) is 45.0 Å². The zero-order valence-electron chi connectivity index (χ0n) is 11.8. The van der Waals surface area contributed by atoms with Crippen molar-refractivity contribution in [3.05, 3.63) is 58.5 Å². The molecular formula is C16H20ClNO. The van der Waals surface area contributed by atoms with E-state index in [9.17, 15) is 0 Å². The first kappa shape index (κ1) is 14.2. The van der Waals surface area contributed by atoms with Gasteiger partial charge in [0.15, 0.2) is 5.22 Å². The number of furan rings is 1. The first-order valence-corrected chi connectivity index (χ1v) is 6.82. The molecule has 0 saturated heterocycles. The molecule has 1 heterocycles. The topological polar surface area (TPSA) is 25.2 Å². The van der Waals surface area contributed by atoms with Crippen LogP contribution in [0.5, 0.6) is 0 Å². The average molecular weight is 278 g/mol. The van der Waals surface area contributed by atoms with Crippen molar-refractivity contribution in [2.45, 2.75) is 32.2 Å². The molecule has 0 saturated carbocycles. The van der Waals surface area contributed by atoms with E-state index >= 15 is 0 Å². The van der Waals surface area contributed by atoms with E-state index in [0.717, 1.165) is 5.76 Å². The van der Waals surface area contributed by atoms with Gasteiger partial charge in [0.1, 0.15) is 5.76 Å². The minimum Gasteiger partial charge on any atom is -0.448 e. The summed E-state index contributed by atoms with van der Waals surface area (Å²) in [7, 11) is 1.92. The number of benzene rings is 1. The molecule has 1 aromatic carbocycles. The quantitative estimate of drug-likeness (QED) is 0.891. The summed E-state index contributed by atoms with van der Waals surface area (Å²) in [6, 6.07) is 12.3. The molecule has 19 heavy (non-hydrogen) atoms. The molecule has 2 aromatic rings. The van der Waals surface area contributed by atoms with Crippen molar-refractivity contribution in [3.8, 4) is 0 Å². The Balaban J connectivity index is 2.30. The molecule has 1 N–H and O–H groups in total. The van der Waals surface area contributed by atoms with Gasteiger partial charge in [-0.15, -0.1) is 0 Å². The van der Waals surface area contributed by atoms with E-state index in [-0.39, 0.29) is 11.5 Å². The summed E-state index contributed by atoms with van der Waals surface area (Å²) in [6.45, 7) is 6.64. The number of halogens is 1. The largest absolute Gasteiger partial charge is 0.448 e. The van der Waals surface area contributed by atoms with Crippen molar-refractivity contribution in [1.82, 2.24) is 5.32 Å². The predicted octanol–water partition coefficient (Wildman–Crippen LogP) is 4.54. The van der Waals surface area contributed by atoms with E-state index in [1.54, 1.807) is 6.07 Å². The fraction of sp³-hybridized carbons (Fsp3) is 0.375. The molecule has 1 aromatic heterocycles. The summed E-state index contributed by atoms with van der Waals surface area (Å²) >= 11 is 5.84. The summed E-state index contributed by atoms with van der Waals surface area (Å²) < 4.78 is 5.49. The molecule has 0 aliphatic heterocycles. The Morgan fingerprint density at radius 1 is 1.05 bits per heavy atom. The van der Waals surface area contributed by atoms with Gasteiger partial charge in [0.25, 0.3) is 0 Å². The fourth-order valence-corrected chi connectivity index (χ4v) is 2.28. The lowest BCUT2D eigenvalue weighted by Crippen LogP contribution is -2.17. The van der Waals surface area contributed by atoms with Gasteiger partial charge in [-0.2, -0.15) is 0 Å². The maximum Gasteiger partial charge on any atom is 0.193 e. The van der Waals surface area contributed by atoms with Crippen LogP contribution in [0.2, 0.25) is 5.22 Å². The Morgan fingerprint density at radius 3 is 2.11 bits per heavy atom. The molecule has 1 unspecified atom stereocenters. The van der Waals surface area contributed by atoms with E-state index in [0.29, 0.717) is 5.22 Å². The van der Waals surface area contributed by atoms with Crippen LogP contribution in [0.4, 0.5) is 0 Å². The standard InChI is InChI=1S/C16H20ClNO/c1-16(2,3)12-7-5-11(6-8-12)15(18-4)13-9-10-14(17)19-13/h5-10,15,18H,1-4H3. The van der Waals surface area contributed by atoms with E-state index < -0.39 is 0 Å². The molecule has 2 nitrogen and oxygen atoms in total. The van der Waals surface area contributed by atoms with Crippen LogP contribution in [0.25, 0.3) is 0 Å². The average Bonchev–Trinajstić information content (AvgIpc) is 2.76. The van der Waals surface area contributed by atoms with Crippen molar-refractivity contribution in [2.75, 3.05) is 7.05 Å². The minimum atomic E-state index is 0.0292. The summed E-state index contributed by atoms with van der Waals surface area (Å²) in [5, 5.41) is 3.67. The van der Waals surface area contributed by atoms with Crippen LogP contribution in [0.3, 0.4) is 0 Å². The van der Waals surface area contributed by atoms with Crippen LogP contribution in [-0.2, 0) is 5.41 Å². The van der Waals surface area contributed by atoms with Gasteiger partial charge in [0.05, 0.1) is 6.04 Å². The molecule has 0 fully saturated rings. The molecule has 0 amide bonds. The molecule has 102 valence electrons. The van der Waals surface area contributed by atoms with E-state index in [4.69, 9.17) is 16.0 Å². The highest BCUT2D eigenvalue weighted by Crippen LogP contribution is 2.28. The van der Waals surface area contributed by atoms with Crippen molar-refractivity contribution in [2.24, 2.45) is 0 Å². The van der Waals surface area contributed by atoms with E-state index in [1.807, 2.05) is 13.1 Å². The van der Waals surface area contributed by atoms with Crippen molar-refractivity contribution < 1.29 is 4.42 Å². The second-order valence-electron chi connectivity index (χ2n) is 5.74. The maximum atomic E-state index is 5.84. The van der Waals surface area contributed by atoms with Gasteiger partial charge in [0.2, 0.25) is 0 Å². The van der Waals surface area contributed by atoms with Crippen LogP contribution in [-0.4, -0.2) is 7.05 Å². The normalized spacial score (nSPS) is 13.5. The molecule has 0 aliphatic rings. The molecule has 0 aliphatic carbocycles. The lowest BCUT2D eigenvalue weighted by Gasteiger charge is -2.20. The summed E-state index contributed by atoms with van der Waals surface area (Å²) in [5.41, 5.74) is 2.66. The van der Waals surface area contributed by atoms with Gasteiger partial charge < -0.3 is 9.73 Å². The lowest BCUT2D eigenvalue weighted by molar-refractivity contribution is 0.464. The highest BCUT2D eigenvalue weighted by Gasteiger charge is 2.18. The van der Waals surface area contributed by atoms with Gasteiger partial charge >= 0.3 is 0 Å². The zero-order valence-corrected chi connectivity index (χ0v) is 12.6. The molecule has 2 rings (SSSR count). The first-order valence-electron chi connectivity index (χ1n) is 6.45. The number of hydrogen-bond donors (Lipinski definition) is 1. The maximum absolute atomic E-state index is 5.84.